The van der Waals surface area contributed by atoms with Crippen molar-refractivity contribution in [2.24, 2.45) is 5.41 Å². The van der Waals surface area contributed by atoms with Crippen LogP contribution in [0.25, 0.3) is 0 Å². The lowest BCUT2D eigenvalue weighted by molar-refractivity contribution is -0.114. The van der Waals surface area contributed by atoms with Gasteiger partial charge in [-0.15, -0.1) is 0 Å². The molecule has 1 aliphatic rings. The maximum absolute atomic E-state index is 10.6. The maximum atomic E-state index is 10.6. The summed E-state index contributed by atoms with van der Waals surface area (Å²) in [5, 5.41) is 0. The quantitative estimate of drug-likeness (QED) is 0.499. The third-order valence-electron chi connectivity index (χ3n) is 4.13. The predicted octanol–water partition coefficient (Wildman–Crippen LogP) is 5.33. The largest absolute Gasteiger partial charge is 0.268 e. The summed E-state index contributed by atoms with van der Waals surface area (Å²) in [6, 6.07) is 0. The van der Waals surface area contributed by atoms with Gasteiger partial charge >= 0.3 is 0 Å². The van der Waals surface area contributed by atoms with E-state index in [9.17, 15) is 4.79 Å². The Morgan fingerprint density at radius 1 is 1.18 bits per heavy atom. The average Bonchev–Trinajstić information content (AvgIpc) is 2.36. The van der Waals surface area contributed by atoms with E-state index in [0.717, 1.165) is 5.57 Å². The normalized spacial score (nSPS) is 20.2. The van der Waals surface area contributed by atoms with Crippen LogP contribution < -0.4 is 5.73 Å². The zero-order valence-electron chi connectivity index (χ0n) is 14.5. The van der Waals surface area contributed by atoms with Gasteiger partial charge in [0.05, 0.1) is 0 Å². The molecule has 0 aromatic heterocycles. The highest BCUT2D eigenvalue weighted by Gasteiger charge is 2.26. The topological polar surface area (TPSA) is 40.9 Å². The summed E-state index contributed by atoms with van der Waals surface area (Å²) < 4.78 is 0. The van der Waals surface area contributed by atoms with Crippen molar-refractivity contribution in [2.45, 2.75) is 53.9 Å². The van der Waals surface area contributed by atoms with Crippen molar-refractivity contribution >= 4 is 5.91 Å². The van der Waals surface area contributed by atoms with Crippen LogP contribution in [-0.2, 0) is 4.79 Å². The van der Waals surface area contributed by atoms with Crippen LogP contribution in [0.1, 0.15) is 53.9 Å². The minimum atomic E-state index is -0.662. The van der Waals surface area contributed by atoms with Crippen molar-refractivity contribution in [2.75, 3.05) is 0 Å². The van der Waals surface area contributed by atoms with E-state index in [1.54, 1.807) is 0 Å². The van der Waals surface area contributed by atoms with Gasteiger partial charge in [0.25, 0.3) is 5.91 Å². The van der Waals surface area contributed by atoms with E-state index in [1.807, 2.05) is 25.2 Å². The molecular formula is C20H28NO. The van der Waals surface area contributed by atoms with Gasteiger partial charge in [0.2, 0.25) is 0 Å². The fourth-order valence-corrected chi connectivity index (χ4v) is 2.89. The summed E-state index contributed by atoms with van der Waals surface area (Å²) >= 11 is 0. The molecule has 0 aliphatic heterocycles. The second kappa shape index (κ2) is 7.98. The van der Waals surface area contributed by atoms with Gasteiger partial charge < -0.3 is 0 Å². The molecule has 0 unspecified atom stereocenters. The molecule has 1 aliphatic carbocycles. The first-order chi connectivity index (χ1) is 10.2. The Morgan fingerprint density at radius 2 is 1.86 bits per heavy atom. The molecule has 0 fully saturated rings. The molecule has 1 radical (unpaired) electrons. The molecule has 22 heavy (non-hydrogen) atoms. The molecule has 119 valence electrons. The Kier molecular flexibility index (Phi) is 6.61. The first-order valence-corrected chi connectivity index (χ1v) is 7.89. The Bertz CT molecular complexity index is 569. The van der Waals surface area contributed by atoms with Crippen LogP contribution in [-0.4, -0.2) is 5.91 Å². The summed E-state index contributed by atoms with van der Waals surface area (Å²) in [4.78, 5) is 10.6. The number of nitrogens with one attached hydrogen (secondary N) is 1. The molecule has 1 N–H and O–H groups in total. The zero-order chi connectivity index (χ0) is 16.8. The van der Waals surface area contributed by atoms with E-state index >= 15 is 0 Å². The fourth-order valence-electron chi connectivity index (χ4n) is 2.89. The Morgan fingerprint density at radius 3 is 2.45 bits per heavy atom. The van der Waals surface area contributed by atoms with Crippen molar-refractivity contribution in [1.82, 2.24) is 5.73 Å². The molecule has 1 amide bonds. The minimum Gasteiger partial charge on any atom is -0.268 e. The van der Waals surface area contributed by atoms with E-state index in [2.05, 4.69) is 39.8 Å². The van der Waals surface area contributed by atoms with E-state index in [-0.39, 0.29) is 5.41 Å². The van der Waals surface area contributed by atoms with Crippen LogP contribution in [0.2, 0.25) is 0 Å². The van der Waals surface area contributed by atoms with Crippen LogP contribution in [0.15, 0.2) is 58.7 Å². The van der Waals surface area contributed by atoms with Crippen LogP contribution >= 0.6 is 0 Å². The number of hydrogen-bond donors (Lipinski definition) is 0. The lowest BCUT2D eigenvalue weighted by atomic mass is 9.72. The number of carbonyl (C=O) groups is 1. The number of hydrogen-bond acceptors (Lipinski definition) is 1. The Balaban J connectivity index is 2.79. The maximum Gasteiger partial charge on any atom is 0.262 e. The summed E-state index contributed by atoms with van der Waals surface area (Å²) in [5.74, 6) is -0.662. The summed E-state index contributed by atoms with van der Waals surface area (Å²) in [7, 11) is 0. The number of allylic oxidation sites excluding steroid dienone is 9. The van der Waals surface area contributed by atoms with Gasteiger partial charge in [-0.25, -0.2) is 0 Å². The van der Waals surface area contributed by atoms with Crippen LogP contribution in [0.4, 0.5) is 0 Å². The molecule has 0 saturated carbocycles. The van der Waals surface area contributed by atoms with Gasteiger partial charge in [-0.1, -0.05) is 55.4 Å². The van der Waals surface area contributed by atoms with Crippen LogP contribution in [0.3, 0.4) is 0 Å². The van der Waals surface area contributed by atoms with Crippen molar-refractivity contribution < 1.29 is 4.79 Å². The molecule has 0 aromatic rings. The standard InChI is InChI=1S/C20H28NO/c1-15(8-6-9-16(2)14-19(21)22)11-12-18-17(3)10-7-13-20(18,4)5/h6,8-9,11-12,14,21H,7,10,13H2,1-5H3/b9-6+,12-11+,15-8+,16-14+. The summed E-state index contributed by atoms with van der Waals surface area (Å²) in [6.07, 6.45) is 15.3. The Labute approximate surface area is 135 Å². The third-order valence-corrected chi connectivity index (χ3v) is 4.13. The van der Waals surface area contributed by atoms with E-state index in [1.165, 1.54) is 42.1 Å². The first kappa shape index (κ1) is 18.2. The van der Waals surface area contributed by atoms with Gasteiger partial charge in [0.15, 0.2) is 0 Å². The molecule has 0 heterocycles. The molecule has 0 atom stereocenters. The van der Waals surface area contributed by atoms with Crippen LogP contribution in [0, 0.1) is 5.41 Å². The van der Waals surface area contributed by atoms with Crippen molar-refractivity contribution in [3.63, 3.8) is 0 Å². The SMILES string of the molecule is CC1=C(/C=C/C(C)=C/C=C/C(C)=C/C([NH])=O)C(C)(C)CCC1. The second-order valence-electron chi connectivity index (χ2n) is 6.79. The van der Waals surface area contributed by atoms with Gasteiger partial charge in [-0.3, -0.25) is 10.5 Å². The molecule has 0 spiro atoms. The first-order valence-electron chi connectivity index (χ1n) is 7.89. The number of rotatable bonds is 5. The zero-order valence-corrected chi connectivity index (χ0v) is 14.5. The van der Waals surface area contributed by atoms with E-state index in [4.69, 9.17) is 5.73 Å². The van der Waals surface area contributed by atoms with Crippen LogP contribution in [0.5, 0.6) is 0 Å². The number of carbonyl (C=O) groups excluding carboxylic acids is 1. The average molecular weight is 298 g/mol. The minimum absolute atomic E-state index is 0.267. The Hall–Kier alpha value is -1.83. The smallest absolute Gasteiger partial charge is 0.262 e. The highest BCUT2D eigenvalue weighted by atomic mass is 16.1. The van der Waals surface area contributed by atoms with Crippen molar-refractivity contribution in [3.05, 3.63) is 58.7 Å². The predicted molar refractivity (Wildman–Crippen MR) is 94.2 cm³/mol. The monoisotopic (exact) mass is 298 g/mol. The summed E-state index contributed by atoms with van der Waals surface area (Å²) in [5.41, 5.74) is 12.1. The number of amides is 1. The van der Waals surface area contributed by atoms with E-state index in [0.29, 0.717) is 0 Å². The lowest BCUT2D eigenvalue weighted by Gasteiger charge is -2.32. The van der Waals surface area contributed by atoms with Crippen molar-refractivity contribution in [1.29, 1.82) is 0 Å². The fraction of sp³-hybridized carbons (Fsp3) is 0.450. The van der Waals surface area contributed by atoms with Gasteiger partial charge in [-0.2, -0.15) is 0 Å². The molecule has 1 rings (SSSR count). The second-order valence-corrected chi connectivity index (χ2v) is 6.79. The van der Waals surface area contributed by atoms with E-state index < -0.39 is 5.91 Å². The molecule has 0 saturated heterocycles. The molecule has 2 heteroatoms. The molecular weight excluding hydrogens is 270 g/mol. The summed E-state index contributed by atoms with van der Waals surface area (Å²) in [6.45, 7) is 10.8. The van der Waals surface area contributed by atoms with Gasteiger partial charge in [0.1, 0.15) is 0 Å². The lowest BCUT2D eigenvalue weighted by Crippen LogP contribution is -2.19. The van der Waals surface area contributed by atoms with Gasteiger partial charge in [0, 0.05) is 6.08 Å². The highest BCUT2D eigenvalue weighted by molar-refractivity contribution is 5.86. The van der Waals surface area contributed by atoms with Gasteiger partial charge in [-0.05, 0) is 56.6 Å². The molecule has 0 bridgehead atoms. The molecule has 0 aromatic carbocycles. The highest BCUT2D eigenvalue weighted by Crippen LogP contribution is 2.40. The third kappa shape index (κ3) is 5.88. The van der Waals surface area contributed by atoms with Crippen molar-refractivity contribution in [3.8, 4) is 0 Å². The molecule has 2 nitrogen and oxygen atoms in total.